The number of nitrogens with one attached hydrogen (secondary N) is 1. The highest BCUT2D eigenvalue weighted by atomic mass is 32.2. The summed E-state index contributed by atoms with van der Waals surface area (Å²) in [4.78, 5) is 23.8. The molecule has 0 fully saturated rings. The van der Waals surface area contributed by atoms with Crippen molar-refractivity contribution in [1.82, 2.24) is 5.32 Å². The van der Waals surface area contributed by atoms with Crippen molar-refractivity contribution in [3.63, 3.8) is 0 Å². The van der Waals surface area contributed by atoms with E-state index in [0.717, 1.165) is 17.9 Å². The fourth-order valence-corrected chi connectivity index (χ4v) is 2.29. The minimum atomic E-state index is 0.0406. The van der Waals surface area contributed by atoms with Gasteiger partial charge in [0.1, 0.15) is 0 Å². The number of Topliss-reactive ketones (excluding diaryl/α,β-unsaturated/α-hetero) is 1. The molecule has 1 aromatic rings. The summed E-state index contributed by atoms with van der Waals surface area (Å²) in [5.74, 6) is 1.07. The molecule has 1 N–H and O–H groups in total. The molecule has 0 spiro atoms. The molecule has 0 bridgehead atoms. The smallest absolute Gasteiger partial charge is 0.230 e. The van der Waals surface area contributed by atoms with E-state index in [1.54, 1.807) is 13.0 Å². The lowest BCUT2D eigenvalue weighted by atomic mass is 10.1. The van der Waals surface area contributed by atoms with Crippen molar-refractivity contribution < 1.29 is 9.59 Å². The summed E-state index contributed by atoms with van der Waals surface area (Å²) in [6, 6.07) is 7.37. The Balaban J connectivity index is 2.37. The third-order valence-electron chi connectivity index (χ3n) is 2.65. The Labute approximate surface area is 119 Å². The second-order valence-corrected chi connectivity index (χ2v) is 5.95. The Hall–Kier alpha value is -1.29. The highest BCUT2D eigenvalue weighted by Gasteiger charge is 2.05. The largest absolute Gasteiger partial charge is 0.355 e. The van der Waals surface area contributed by atoms with Gasteiger partial charge in [-0.3, -0.25) is 9.59 Å². The Bertz CT molecular complexity index is 444. The fourth-order valence-electron chi connectivity index (χ4n) is 1.51. The highest BCUT2D eigenvalue weighted by molar-refractivity contribution is 8.00. The molecule has 0 radical (unpaired) electrons. The van der Waals surface area contributed by atoms with Crippen LogP contribution in [0.5, 0.6) is 0 Å². The summed E-state index contributed by atoms with van der Waals surface area (Å²) >= 11 is 1.45. The van der Waals surface area contributed by atoms with Crippen molar-refractivity contribution in [1.29, 1.82) is 0 Å². The van der Waals surface area contributed by atoms with Gasteiger partial charge in [0.2, 0.25) is 5.91 Å². The first-order chi connectivity index (χ1) is 8.99. The molecule has 0 aliphatic rings. The maximum atomic E-state index is 11.6. The molecule has 0 saturated heterocycles. The average molecular weight is 279 g/mol. The number of thioether (sulfide) groups is 1. The zero-order valence-corrected chi connectivity index (χ0v) is 12.5. The van der Waals surface area contributed by atoms with E-state index in [1.807, 2.05) is 18.2 Å². The molecular weight excluding hydrogens is 258 g/mol. The Morgan fingerprint density at radius 3 is 2.68 bits per heavy atom. The van der Waals surface area contributed by atoms with Crippen LogP contribution in [0.4, 0.5) is 0 Å². The molecule has 1 aromatic carbocycles. The first-order valence-electron chi connectivity index (χ1n) is 6.49. The Morgan fingerprint density at radius 1 is 1.32 bits per heavy atom. The van der Waals surface area contributed by atoms with Crippen molar-refractivity contribution in [2.75, 3.05) is 12.3 Å². The van der Waals surface area contributed by atoms with Gasteiger partial charge in [0.05, 0.1) is 5.75 Å². The van der Waals surface area contributed by atoms with Gasteiger partial charge in [-0.05, 0) is 31.4 Å². The molecule has 104 valence electrons. The minimum Gasteiger partial charge on any atom is -0.355 e. The lowest BCUT2D eigenvalue weighted by molar-refractivity contribution is -0.118. The molecule has 3 nitrogen and oxygen atoms in total. The van der Waals surface area contributed by atoms with E-state index in [2.05, 4.69) is 19.2 Å². The highest BCUT2D eigenvalue weighted by Crippen LogP contribution is 2.19. The van der Waals surface area contributed by atoms with Crippen LogP contribution in [0.2, 0.25) is 0 Å². The lowest BCUT2D eigenvalue weighted by Gasteiger charge is -2.07. The minimum absolute atomic E-state index is 0.0406. The molecule has 0 unspecified atom stereocenters. The molecule has 0 aromatic heterocycles. The van der Waals surface area contributed by atoms with Crippen LogP contribution < -0.4 is 5.32 Å². The van der Waals surface area contributed by atoms with Gasteiger partial charge in [0.15, 0.2) is 5.78 Å². The number of amides is 1. The van der Waals surface area contributed by atoms with Crippen LogP contribution in [-0.4, -0.2) is 24.0 Å². The van der Waals surface area contributed by atoms with Crippen molar-refractivity contribution in [3.8, 4) is 0 Å². The second kappa shape index (κ2) is 8.00. The number of hydrogen-bond acceptors (Lipinski definition) is 3. The van der Waals surface area contributed by atoms with E-state index >= 15 is 0 Å². The SMILES string of the molecule is CC(=O)c1cccc(SCC(=O)NCCC(C)C)c1. The van der Waals surface area contributed by atoms with Crippen LogP contribution in [0.1, 0.15) is 37.6 Å². The number of carbonyl (C=O) groups is 2. The molecule has 1 amide bonds. The molecule has 0 aliphatic heterocycles. The lowest BCUT2D eigenvalue weighted by Crippen LogP contribution is -2.26. The summed E-state index contributed by atoms with van der Waals surface area (Å²) in [6.07, 6.45) is 0.996. The molecular formula is C15H21NO2S. The van der Waals surface area contributed by atoms with Crippen LogP contribution >= 0.6 is 11.8 Å². The number of carbonyl (C=O) groups excluding carboxylic acids is 2. The molecule has 4 heteroatoms. The zero-order chi connectivity index (χ0) is 14.3. The quantitative estimate of drug-likeness (QED) is 0.616. The monoisotopic (exact) mass is 279 g/mol. The van der Waals surface area contributed by atoms with Crippen molar-refractivity contribution in [2.24, 2.45) is 5.92 Å². The number of ketones is 1. The van der Waals surface area contributed by atoms with Crippen LogP contribution in [0.15, 0.2) is 29.2 Å². The maximum absolute atomic E-state index is 11.6. The van der Waals surface area contributed by atoms with Gasteiger partial charge >= 0.3 is 0 Å². The van der Waals surface area contributed by atoms with Crippen molar-refractivity contribution in [2.45, 2.75) is 32.1 Å². The van der Waals surface area contributed by atoms with Crippen LogP contribution in [0.3, 0.4) is 0 Å². The molecule has 0 aliphatic carbocycles. The number of rotatable bonds is 7. The normalized spacial score (nSPS) is 10.5. The summed E-state index contributed by atoms with van der Waals surface area (Å²) < 4.78 is 0. The van der Waals surface area contributed by atoms with Crippen LogP contribution in [0.25, 0.3) is 0 Å². The first-order valence-corrected chi connectivity index (χ1v) is 7.48. The third-order valence-corrected chi connectivity index (χ3v) is 3.65. The first kappa shape index (κ1) is 15.8. The number of hydrogen-bond donors (Lipinski definition) is 1. The van der Waals surface area contributed by atoms with E-state index in [4.69, 9.17) is 0 Å². The standard InChI is InChI=1S/C15H21NO2S/c1-11(2)7-8-16-15(18)10-19-14-6-4-5-13(9-14)12(3)17/h4-6,9,11H,7-8,10H2,1-3H3,(H,16,18). The molecule has 0 saturated carbocycles. The van der Waals surface area contributed by atoms with E-state index in [-0.39, 0.29) is 11.7 Å². The van der Waals surface area contributed by atoms with Gasteiger partial charge in [-0.15, -0.1) is 11.8 Å². The van der Waals surface area contributed by atoms with Crippen molar-refractivity contribution >= 4 is 23.5 Å². The van der Waals surface area contributed by atoms with E-state index in [1.165, 1.54) is 11.8 Å². The summed E-state index contributed by atoms with van der Waals surface area (Å²) in [5, 5.41) is 2.89. The summed E-state index contributed by atoms with van der Waals surface area (Å²) in [5.41, 5.74) is 0.685. The second-order valence-electron chi connectivity index (χ2n) is 4.91. The van der Waals surface area contributed by atoms with Crippen LogP contribution in [-0.2, 0) is 4.79 Å². The van der Waals surface area contributed by atoms with Crippen LogP contribution in [0, 0.1) is 5.92 Å². The third kappa shape index (κ3) is 6.43. The molecule has 1 rings (SSSR count). The molecule has 19 heavy (non-hydrogen) atoms. The summed E-state index contributed by atoms with van der Waals surface area (Å²) in [6.45, 7) is 6.54. The topological polar surface area (TPSA) is 46.2 Å². The molecule has 0 atom stereocenters. The van der Waals surface area contributed by atoms with Crippen molar-refractivity contribution in [3.05, 3.63) is 29.8 Å². The van der Waals surface area contributed by atoms with E-state index in [9.17, 15) is 9.59 Å². The average Bonchev–Trinajstić information content (AvgIpc) is 2.36. The Kier molecular flexibility index (Phi) is 6.64. The maximum Gasteiger partial charge on any atom is 0.230 e. The van der Waals surface area contributed by atoms with Gasteiger partial charge in [-0.2, -0.15) is 0 Å². The van der Waals surface area contributed by atoms with Gasteiger partial charge in [-0.25, -0.2) is 0 Å². The van der Waals surface area contributed by atoms with Gasteiger partial charge < -0.3 is 5.32 Å². The summed E-state index contributed by atoms with van der Waals surface area (Å²) in [7, 11) is 0. The predicted octanol–water partition coefficient (Wildman–Crippen LogP) is 3.14. The number of benzene rings is 1. The van der Waals surface area contributed by atoms with E-state index < -0.39 is 0 Å². The molecule has 0 heterocycles. The van der Waals surface area contributed by atoms with Gasteiger partial charge in [0.25, 0.3) is 0 Å². The van der Waals surface area contributed by atoms with E-state index in [0.29, 0.717) is 17.2 Å². The predicted molar refractivity (Wildman–Crippen MR) is 79.6 cm³/mol. The van der Waals surface area contributed by atoms with Gasteiger partial charge in [0, 0.05) is 17.0 Å². The van der Waals surface area contributed by atoms with Gasteiger partial charge in [-0.1, -0.05) is 26.0 Å². The fraction of sp³-hybridized carbons (Fsp3) is 0.467. The Morgan fingerprint density at radius 2 is 2.05 bits per heavy atom. The zero-order valence-electron chi connectivity index (χ0n) is 11.7.